The largest absolute Gasteiger partial charge is 0.496 e. The van der Waals surface area contributed by atoms with Gasteiger partial charge in [0.1, 0.15) is 28.5 Å². The normalized spacial score (nSPS) is 23.7. The third kappa shape index (κ3) is 4.94. The van der Waals surface area contributed by atoms with Crippen LogP contribution in [0.15, 0.2) is 41.3 Å². The Morgan fingerprint density at radius 3 is 2.46 bits per heavy atom. The minimum absolute atomic E-state index is 0.0508. The molecule has 4 aliphatic rings. The molecule has 3 aromatic heterocycles. The lowest BCUT2D eigenvalue weighted by molar-refractivity contribution is -0.150. The quantitative estimate of drug-likeness (QED) is 0.192. The van der Waals surface area contributed by atoms with E-state index in [9.17, 15) is 4.39 Å². The minimum atomic E-state index is -0.415. The van der Waals surface area contributed by atoms with Crippen molar-refractivity contribution >= 4 is 34.1 Å². The first-order valence-corrected chi connectivity index (χ1v) is 14.8. The van der Waals surface area contributed by atoms with Crippen LogP contribution in [-0.2, 0) is 11.3 Å². The number of benzene rings is 1. The van der Waals surface area contributed by atoms with E-state index in [4.69, 9.17) is 41.9 Å². The molecule has 214 valence electrons. The topological polar surface area (TPSA) is 79.5 Å². The van der Waals surface area contributed by atoms with E-state index in [0.29, 0.717) is 57.3 Å². The van der Waals surface area contributed by atoms with E-state index in [1.165, 1.54) is 6.07 Å². The van der Waals surface area contributed by atoms with E-state index in [-0.39, 0.29) is 16.5 Å². The summed E-state index contributed by atoms with van der Waals surface area (Å²) in [4.78, 5) is 8.24. The van der Waals surface area contributed by atoms with Crippen LogP contribution in [-0.4, -0.2) is 34.4 Å². The summed E-state index contributed by atoms with van der Waals surface area (Å²) in [5.74, 6) is 1.90. The molecule has 4 saturated carbocycles. The first-order chi connectivity index (χ1) is 19.9. The number of hydrogen-bond donors (Lipinski definition) is 0. The maximum atomic E-state index is 14.8. The summed E-state index contributed by atoms with van der Waals surface area (Å²) in [6.45, 7) is 0.937. The van der Waals surface area contributed by atoms with Crippen molar-refractivity contribution in [3.63, 3.8) is 0 Å². The number of rotatable bonds is 9. The Morgan fingerprint density at radius 1 is 1.05 bits per heavy atom. The molecule has 3 heterocycles. The summed E-state index contributed by atoms with van der Waals surface area (Å²) < 4.78 is 39.0. The molecule has 10 heteroatoms. The maximum Gasteiger partial charge on any atom is 0.153 e. The molecule has 0 saturated heterocycles. The van der Waals surface area contributed by atoms with Crippen LogP contribution in [0.4, 0.5) is 4.39 Å². The van der Waals surface area contributed by atoms with E-state index >= 15 is 0 Å². The van der Waals surface area contributed by atoms with Gasteiger partial charge in [-0.15, -0.1) is 0 Å². The smallest absolute Gasteiger partial charge is 0.153 e. The molecule has 8 rings (SSSR count). The van der Waals surface area contributed by atoms with E-state index in [1.54, 1.807) is 31.8 Å². The van der Waals surface area contributed by atoms with Gasteiger partial charge in [0.2, 0.25) is 0 Å². The molecule has 0 amide bonds. The SMILES string of the molecule is COc1ccnc2c(F)cc(OCC34CCC(OCc5c(-c6c(Cl)cncc6Cl)noc5C5CC5)(CC3)CC4)cc12. The third-order valence-electron chi connectivity index (χ3n) is 9.21. The number of nitrogens with zero attached hydrogens (tertiary/aromatic N) is 3. The van der Waals surface area contributed by atoms with Gasteiger partial charge in [-0.3, -0.25) is 9.97 Å². The maximum absolute atomic E-state index is 14.8. The molecular weight excluding hydrogens is 568 g/mol. The van der Waals surface area contributed by atoms with Gasteiger partial charge in [0.05, 0.1) is 36.0 Å². The molecule has 0 N–H and O–H groups in total. The minimum Gasteiger partial charge on any atom is -0.496 e. The monoisotopic (exact) mass is 597 g/mol. The predicted octanol–water partition coefficient (Wildman–Crippen LogP) is 8.31. The Balaban J connectivity index is 1.04. The van der Waals surface area contributed by atoms with Gasteiger partial charge >= 0.3 is 0 Å². The fourth-order valence-corrected chi connectivity index (χ4v) is 7.05. The molecule has 2 bridgehead atoms. The van der Waals surface area contributed by atoms with E-state index in [1.807, 2.05) is 6.07 Å². The highest BCUT2D eigenvalue weighted by molar-refractivity contribution is 6.38. The summed E-state index contributed by atoms with van der Waals surface area (Å²) in [5.41, 5.74) is 2.35. The van der Waals surface area contributed by atoms with E-state index in [0.717, 1.165) is 62.7 Å². The van der Waals surface area contributed by atoms with Crippen LogP contribution >= 0.6 is 23.2 Å². The third-order valence-corrected chi connectivity index (χ3v) is 9.78. The zero-order valence-corrected chi connectivity index (χ0v) is 24.2. The van der Waals surface area contributed by atoms with Crippen molar-refractivity contribution in [1.29, 1.82) is 0 Å². The Labute approximate surface area is 247 Å². The summed E-state index contributed by atoms with van der Waals surface area (Å²) in [5, 5.41) is 5.87. The zero-order valence-electron chi connectivity index (χ0n) is 22.7. The molecule has 1 aromatic carbocycles. The van der Waals surface area contributed by atoms with Crippen molar-refractivity contribution in [3.8, 4) is 22.8 Å². The number of methoxy groups -OCH3 is 1. The average Bonchev–Trinajstić information content (AvgIpc) is 3.75. The zero-order chi connectivity index (χ0) is 28.2. The van der Waals surface area contributed by atoms with Crippen molar-refractivity contribution < 1.29 is 23.1 Å². The highest BCUT2D eigenvalue weighted by Crippen LogP contribution is 2.55. The molecule has 7 nitrogen and oxygen atoms in total. The number of hydrogen-bond acceptors (Lipinski definition) is 7. The summed E-state index contributed by atoms with van der Waals surface area (Å²) in [6, 6.07) is 4.96. The first kappa shape index (κ1) is 26.9. The van der Waals surface area contributed by atoms with Crippen molar-refractivity contribution in [1.82, 2.24) is 15.1 Å². The molecule has 41 heavy (non-hydrogen) atoms. The fourth-order valence-electron chi connectivity index (χ4n) is 6.51. The molecule has 0 atom stereocenters. The van der Waals surface area contributed by atoms with Gasteiger partial charge in [-0.25, -0.2) is 4.39 Å². The highest BCUT2D eigenvalue weighted by atomic mass is 35.5. The first-order valence-electron chi connectivity index (χ1n) is 14.1. The lowest BCUT2D eigenvalue weighted by Gasteiger charge is -2.52. The van der Waals surface area contributed by atoms with Gasteiger partial charge in [0.25, 0.3) is 0 Å². The van der Waals surface area contributed by atoms with Crippen molar-refractivity contribution in [2.24, 2.45) is 5.41 Å². The van der Waals surface area contributed by atoms with E-state index < -0.39 is 5.82 Å². The lowest BCUT2D eigenvalue weighted by atomic mass is 9.59. The Hall–Kier alpha value is -2.94. The van der Waals surface area contributed by atoms with Gasteiger partial charge in [-0.05, 0) is 63.5 Å². The van der Waals surface area contributed by atoms with E-state index in [2.05, 4.69) is 15.1 Å². The predicted molar refractivity (Wildman–Crippen MR) is 153 cm³/mol. The number of aromatic nitrogens is 3. The molecule has 4 fully saturated rings. The standard InChI is InChI=1S/C31H30Cl2FN3O4/c1-38-25-4-11-36-27-20(25)12-19(13-24(27)34)39-17-30-5-8-31(9-6-30,10-7-30)40-16-21-28(37-41-29(21)18-2-3-18)26-22(32)14-35-15-23(26)33/h4,11-15,18H,2-3,5-10,16-17H2,1H3. The molecule has 4 aromatic rings. The van der Waals surface area contributed by atoms with Crippen LogP contribution in [0.3, 0.4) is 0 Å². The van der Waals surface area contributed by atoms with Crippen LogP contribution in [0.2, 0.25) is 10.0 Å². The second-order valence-electron chi connectivity index (χ2n) is 11.7. The molecule has 0 aliphatic heterocycles. The van der Waals surface area contributed by atoms with Gasteiger partial charge < -0.3 is 18.7 Å². The molecule has 0 spiro atoms. The van der Waals surface area contributed by atoms with Crippen LogP contribution in [0.1, 0.15) is 68.6 Å². The van der Waals surface area contributed by atoms with Crippen LogP contribution < -0.4 is 9.47 Å². The van der Waals surface area contributed by atoms with Crippen LogP contribution in [0, 0.1) is 11.2 Å². The number of fused-ring (bicyclic) bond motifs is 4. The average molecular weight is 599 g/mol. The Bertz CT molecular complexity index is 1580. The second kappa shape index (κ2) is 10.4. The molecule has 4 aliphatic carbocycles. The van der Waals surface area contributed by atoms with Crippen LogP contribution in [0.25, 0.3) is 22.2 Å². The number of pyridine rings is 2. The van der Waals surface area contributed by atoms with Crippen molar-refractivity contribution in [3.05, 3.63) is 64.0 Å². The number of ether oxygens (including phenoxy) is 3. The highest BCUT2D eigenvalue weighted by Gasteiger charge is 2.50. The molecule has 0 radical (unpaired) electrons. The molecule has 0 unspecified atom stereocenters. The van der Waals surface area contributed by atoms with Crippen molar-refractivity contribution in [2.45, 2.75) is 69.5 Å². The lowest BCUT2D eigenvalue weighted by Crippen LogP contribution is -2.49. The summed E-state index contributed by atoms with van der Waals surface area (Å²) >= 11 is 13.0. The van der Waals surface area contributed by atoms with Gasteiger partial charge in [-0.2, -0.15) is 0 Å². The second-order valence-corrected chi connectivity index (χ2v) is 12.5. The van der Waals surface area contributed by atoms with Gasteiger partial charge in [-0.1, -0.05) is 28.4 Å². The Kier molecular flexibility index (Phi) is 6.83. The number of halogens is 3. The molecular formula is C31H30Cl2FN3O4. The van der Waals surface area contributed by atoms with Gasteiger partial charge in [0, 0.05) is 52.5 Å². The van der Waals surface area contributed by atoms with Crippen molar-refractivity contribution in [2.75, 3.05) is 13.7 Å². The fraction of sp³-hybridized carbons (Fsp3) is 0.452. The van der Waals surface area contributed by atoms with Gasteiger partial charge in [0.15, 0.2) is 5.82 Å². The summed E-state index contributed by atoms with van der Waals surface area (Å²) in [6.07, 6.45) is 12.6. The Morgan fingerprint density at radius 2 is 1.78 bits per heavy atom. The van der Waals surface area contributed by atoms with Crippen LogP contribution in [0.5, 0.6) is 11.5 Å². The summed E-state index contributed by atoms with van der Waals surface area (Å²) in [7, 11) is 1.57.